The van der Waals surface area contributed by atoms with Crippen molar-refractivity contribution in [2.24, 2.45) is 0 Å². The Kier molecular flexibility index (Phi) is 5.85. The lowest BCUT2D eigenvalue weighted by molar-refractivity contribution is 0.571. The first kappa shape index (κ1) is 14.4. The van der Waals surface area contributed by atoms with E-state index in [4.69, 9.17) is 12.2 Å². The maximum atomic E-state index is 10.9. The van der Waals surface area contributed by atoms with Gasteiger partial charge in [0.2, 0.25) is 0 Å². The molecule has 0 atom stereocenters. The van der Waals surface area contributed by atoms with E-state index in [0.717, 1.165) is 36.7 Å². The number of rotatable bonds is 7. The summed E-state index contributed by atoms with van der Waals surface area (Å²) in [5, 5.41) is 0. The maximum absolute atomic E-state index is 10.9. The largest absolute Gasteiger partial charge is 0.354 e. The smallest absolute Gasteiger partial charge is 0.147 e. The standard InChI is InChI=1S/C12H19NO2S2/c1-17(14,15)11-5-3-2-4-8-13-9-6-12(16)7-10-13/h6-7,9-10H,2-5,8,11H2,1H3. The Bertz CT molecular complexity index is 471. The Morgan fingerprint density at radius 3 is 2.29 bits per heavy atom. The van der Waals surface area contributed by atoms with E-state index in [2.05, 4.69) is 4.57 Å². The highest BCUT2D eigenvalue weighted by Gasteiger charge is 2.00. The first-order valence-corrected chi connectivity index (χ1v) is 8.28. The van der Waals surface area contributed by atoms with E-state index in [1.807, 2.05) is 24.5 Å². The van der Waals surface area contributed by atoms with Gasteiger partial charge in [0.25, 0.3) is 0 Å². The summed E-state index contributed by atoms with van der Waals surface area (Å²) in [6.45, 7) is 0.967. The van der Waals surface area contributed by atoms with Crippen molar-refractivity contribution in [2.75, 3.05) is 12.0 Å². The zero-order valence-electron chi connectivity index (χ0n) is 10.1. The van der Waals surface area contributed by atoms with Crippen LogP contribution in [0.2, 0.25) is 0 Å². The van der Waals surface area contributed by atoms with Crippen LogP contribution in [0.4, 0.5) is 0 Å². The topological polar surface area (TPSA) is 39.1 Å². The number of sulfone groups is 1. The maximum Gasteiger partial charge on any atom is 0.147 e. The van der Waals surface area contributed by atoms with Gasteiger partial charge in [-0.05, 0) is 25.0 Å². The van der Waals surface area contributed by atoms with Gasteiger partial charge in [0.1, 0.15) is 9.84 Å². The zero-order valence-corrected chi connectivity index (χ0v) is 11.8. The Labute approximate surface area is 108 Å². The second-order valence-corrected chi connectivity index (χ2v) is 7.05. The second-order valence-electron chi connectivity index (χ2n) is 4.32. The minimum absolute atomic E-state index is 0.310. The summed E-state index contributed by atoms with van der Waals surface area (Å²) in [7, 11) is -2.79. The number of nitrogens with zero attached hydrogens (tertiary/aromatic N) is 1. The fourth-order valence-electron chi connectivity index (χ4n) is 1.60. The molecule has 96 valence electrons. The van der Waals surface area contributed by atoms with Gasteiger partial charge in [0.15, 0.2) is 0 Å². The number of pyridine rings is 1. The third-order valence-electron chi connectivity index (χ3n) is 2.54. The van der Waals surface area contributed by atoms with E-state index in [-0.39, 0.29) is 0 Å². The number of unbranched alkanes of at least 4 members (excludes halogenated alkanes) is 3. The van der Waals surface area contributed by atoms with Crippen LogP contribution >= 0.6 is 12.2 Å². The van der Waals surface area contributed by atoms with Crippen molar-refractivity contribution in [1.82, 2.24) is 4.57 Å². The van der Waals surface area contributed by atoms with E-state index >= 15 is 0 Å². The molecule has 1 heterocycles. The average Bonchev–Trinajstić information content (AvgIpc) is 2.24. The molecule has 0 saturated carbocycles. The summed E-state index contributed by atoms with van der Waals surface area (Å²) < 4.78 is 24.8. The van der Waals surface area contributed by atoms with Crippen LogP contribution in [0.25, 0.3) is 0 Å². The molecule has 0 amide bonds. The van der Waals surface area contributed by atoms with E-state index in [1.165, 1.54) is 6.26 Å². The zero-order chi connectivity index (χ0) is 12.7. The van der Waals surface area contributed by atoms with Crippen LogP contribution in [0.15, 0.2) is 24.5 Å². The van der Waals surface area contributed by atoms with Gasteiger partial charge >= 0.3 is 0 Å². The molecule has 1 rings (SSSR count). The third-order valence-corrected chi connectivity index (χ3v) is 3.84. The molecule has 0 saturated heterocycles. The van der Waals surface area contributed by atoms with Crippen molar-refractivity contribution in [1.29, 1.82) is 0 Å². The van der Waals surface area contributed by atoms with Crippen molar-refractivity contribution < 1.29 is 8.42 Å². The molecule has 0 aliphatic carbocycles. The summed E-state index contributed by atoms with van der Waals surface area (Å²) >= 11 is 5.01. The lowest BCUT2D eigenvalue weighted by atomic mass is 10.2. The number of hydrogen-bond acceptors (Lipinski definition) is 3. The molecule has 5 heteroatoms. The fourth-order valence-corrected chi connectivity index (χ4v) is 2.46. The fraction of sp³-hybridized carbons (Fsp3) is 0.583. The Balaban J connectivity index is 2.12. The van der Waals surface area contributed by atoms with E-state index in [0.29, 0.717) is 5.75 Å². The van der Waals surface area contributed by atoms with Gasteiger partial charge in [-0.2, -0.15) is 0 Å². The summed E-state index contributed by atoms with van der Waals surface area (Å²) in [4.78, 5) is 0. The second kappa shape index (κ2) is 6.91. The SMILES string of the molecule is CS(=O)(=O)CCCCCCn1ccc(=S)cc1. The van der Waals surface area contributed by atoms with Gasteiger partial charge < -0.3 is 4.57 Å². The van der Waals surface area contributed by atoms with Crippen LogP contribution in [0, 0.1) is 4.51 Å². The molecule has 0 aliphatic rings. The molecule has 0 fully saturated rings. The number of aryl methyl sites for hydroxylation is 1. The first-order chi connectivity index (χ1) is 7.97. The van der Waals surface area contributed by atoms with Crippen molar-refractivity contribution in [3.8, 4) is 0 Å². The number of hydrogen-bond donors (Lipinski definition) is 0. The van der Waals surface area contributed by atoms with Crippen LogP contribution < -0.4 is 0 Å². The van der Waals surface area contributed by atoms with Gasteiger partial charge in [-0.15, -0.1) is 0 Å². The molecule has 0 bridgehead atoms. The van der Waals surface area contributed by atoms with Crippen LogP contribution in [0.3, 0.4) is 0 Å². The first-order valence-electron chi connectivity index (χ1n) is 5.81. The predicted molar refractivity (Wildman–Crippen MR) is 73.4 cm³/mol. The van der Waals surface area contributed by atoms with Gasteiger partial charge in [-0.3, -0.25) is 0 Å². The molecule has 0 spiro atoms. The summed E-state index contributed by atoms with van der Waals surface area (Å²) in [5.41, 5.74) is 0. The van der Waals surface area contributed by atoms with Crippen molar-refractivity contribution in [2.45, 2.75) is 32.2 Å². The van der Waals surface area contributed by atoms with Crippen LogP contribution in [0.5, 0.6) is 0 Å². The van der Waals surface area contributed by atoms with Crippen molar-refractivity contribution >= 4 is 22.1 Å². The van der Waals surface area contributed by atoms with Crippen LogP contribution in [-0.2, 0) is 16.4 Å². The number of aromatic nitrogens is 1. The highest BCUT2D eigenvalue weighted by Crippen LogP contribution is 2.04. The lowest BCUT2D eigenvalue weighted by Crippen LogP contribution is -2.03. The molecule has 3 nitrogen and oxygen atoms in total. The minimum atomic E-state index is -2.79. The molecule has 0 radical (unpaired) electrons. The molecular formula is C12H19NO2S2. The molecule has 0 aromatic carbocycles. The van der Waals surface area contributed by atoms with Crippen LogP contribution in [0.1, 0.15) is 25.7 Å². The van der Waals surface area contributed by atoms with E-state index in [9.17, 15) is 8.42 Å². The third kappa shape index (κ3) is 7.28. The molecule has 0 N–H and O–H groups in total. The van der Waals surface area contributed by atoms with Gasteiger partial charge in [-0.25, -0.2) is 8.42 Å². The van der Waals surface area contributed by atoms with Crippen molar-refractivity contribution in [3.05, 3.63) is 29.0 Å². The van der Waals surface area contributed by atoms with Crippen molar-refractivity contribution in [3.63, 3.8) is 0 Å². The quantitative estimate of drug-likeness (QED) is 0.566. The molecule has 0 aliphatic heterocycles. The molecule has 0 unspecified atom stereocenters. The van der Waals surface area contributed by atoms with Crippen LogP contribution in [-0.4, -0.2) is 25.0 Å². The predicted octanol–water partition coefficient (Wildman–Crippen LogP) is 2.82. The normalized spacial score (nSPS) is 11.6. The van der Waals surface area contributed by atoms with Gasteiger partial charge in [-0.1, -0.05) is 25.1 Å². The lowest BCUT2D eigenvalue weighted by Gasteiger charge is -2.05. The molecular weight excluding hydrogens is 254 g/mol. The van der Waals surface area contributed by atoms with E-state index in [1.54, 1.807) is 0 Å². The molecule has 17 heavy (non-hydrogen) atoms. The summed E-state index contributed by atoms with van der Waals surface area (Å²) in [5.74, 6) is 0.310. The Hall–Kier alpha value is -0.680. The molecule has 1 aromatic heterocycles. The van der Waals surface area contributed by atoms with E-state index < -0.39 is 9.84 Å². The summed E-state index contributed by atoms with van der Waals surface area (Å²) in [6.07, 6.45) is 9.15. The summed E-state index contributed by atoms with van der Waals surface area (Å²) in [6, 6.07) is 3.83. The minimum Gasteiger partial charge on any atom is -0.354 e. The Morgan fingerprint density at radius 1 is 1.12 bits per heavy atom. The average molecular weight is 273 g/mol. The highest BCUT2D eigenvalue weighted by atomic mass is 32.2. The Morgan fingerprint density at radius 2 is 1.71 bits per heavy atom. The highest BCUT2D eigenvalue weighted by molar-refractivity contribution is 7.90. The van der Waals surface area contributed by atoms with Gasteiger partial charge in [0.05, 0.1) is 0 Å². The monoisotopic (exact) mass is 273 g/mol. The molecule has 1 aromatic rings. The van der Waals surface area contributed by atoms with Gasteiger partial charge in [0, 0.05) is 35.5 Å².